The van der Waals surface area contributed by atoms with Gasteiger partial charge in [-0.3, -0.25) is 4.79 Å². The Labute approximate surface area is 79.7 Å². The molecule has 3 nitrogen and oxygen atoms in total. The van der Waals surface area contributed by atoms with E-state index in [9.17, 15) is 4.79 Å². The largest absolute Gasteiger partial charge is 0.395 e. The molecule has 1 N–H and O–H groups in total. The summed E-state index contributed by atoms with van der Waals surface area (Å²) in [4.78, 5) is 13.3. The number of aliphatic hydroxyl groups excluding tert-OH is 1. The van der Waals surface area contributed by atoms with E-state index < -0.39 is 0 Å². The number of amides is 1. The number of piperidine rings is 1. The second-order valence-electron chi connectivity index (χ2n) is 4.10. The summed E-state index contributed by atoms with van der Waals surface area (Å²) < 4.78 is 0. The van der Waals surface area contributed by atoms with Crippen molar-refractivity contribution >= 4 is 5.91 Å². The SMILES string of the molecule is CC(C)C1CCN(CCO)C(=O)C1. The quantitative estimate of drug-likeness (QED) is 0.709. The van der Waals surface area contributed by atoms with E-state index in [2.05, 4.69) is 13.8 Å². The molecule has 1 atom stereocenters. The molecule has 1 aliphatic rings. The van der Waals surface area contributed by atoms with E-state index in [0.717, 1.165) is 13.0 Å². The molecular weight excluding hydrogens is 166 g/mol. The molecule has 1 fully saturated rings. The highest BCUT2D eigenvalue weighted by molar-refractivity contribution is 5.77. The molecule has 0 aliphatic carbocycles. The predicted octanol–water partition coefficient (Wildman–Crippen LogP) is 0.873. The highest BCUT2D eigenvalue weighted by atomic mass is 16.3. The van der Waals surface area contributed by atoms with Crippen LogP contribution >= 0.6 is 0 Å². The van der Waals surface area contributed by atoms with Crippen molar-refractivity contribution in [2.75, 3.05) is 19.7 Å². The van der Waals surface area contributed by atoms with Gasteiger partial charge in [-0.2, -0.15) is 0 Å². The Balaban J connectivity index is 2.42. The predicted molar refractivity (Wildman–Crippen MR) is 51.2 cm³/mol. The van der Waals surface area contributed by atoms with Crippen LogP contribution in [-0.4, -0.2) is 35.6 Å². The van der Waals surface area contributed by atoms with Gasteiger partial charge in [-0.1, -0.05) is 13.8 Å². The van der Waals surface area contributed by atoms with Gasteiger partial charge in [-0.25, -0.2) is 0 Å². The van der Waals surface area contributed by atoms with E-state index in [1.54, 1.807) is 4.90 Å². The summed E-state index contributed by atoms with van der Waals surface area (Å²) in [7, 11) is 0. The summed E-state index contributed by atoms with van der Waals surface area (Å²) in [6.07, 6.45) is 1.75. The normalized spacial score (nSPS) is 24.2. The van der Waals surface area contributed by atoms with E-state index in [0.29, 0.717) is 24.8 Å². The number of aliphatic hydroxyl groups is 1. The van der Waals surface area contributed by atoms with E-state index in [-0.39, 0.29) is 12.5 Å². The lowest BCUT2D eigenvalue weighted by Gasteiger charge is -2.33. The molecule has 1 rings (SSSR count). The zero-order chi connectivity index (χ0) is 9.84. The minimum atomic E-state index is 0.0814. The topological polar surface area (TPSA) is 40.5 Å². The monoisotopic (exact) mass is 185 g/mol. The molecule has 0 spiro atoms. The molecule has 76 valence electrons. The molecule has 3 heteroatoms. The van der Waals surface area contributed by atoms with Crippen molar-refractivity contribution < 1.29 is 9.90 Å². The van der Waals surface area contributed by atoms with Gasteiger partial charge in [-0.15, -0.1) is 0 Å². The van der Waals surface area contributed by atoms with Crippen LogP contribution in [0.3, 0.4) is 0 Å². The number of carbonyl (C=O) groups excluding carboxylic acids is 1. The zero-order valence-electron chi connectivity index (χ0n) is 8.49. The van der Waals surface area contributed by atoms with Crippen LogP contribution in [0, 0.1) is 11.8 Å². The average molecular weight is 185 g/mol. The summed E-state index contributed by atoms with van der Waals surface area (Å²) >= 11 is 0. The zero-order valence-corrected chi connectivity index (χ0v) is 8.49. The first-order chi connectivity index (χ1) is 6.15. The lowest BCUT2D eigenvalue weighted by molar-refractivity contribution is -0.136. The first-order valence-corrected chi connectivity index (χ1v) is 5.03. The van der Waals surface area contributed by atoms with Crippen molar-refractivity contribution in [3.8, 4) is 0 Å². The highest BCUT2D eigenvalue weighted by Gasteiger charge is 2.26. The van der Waals surface area contributed by atoms with Crippen LogP contribution in [0.4, 0.5) is 0 Å². The van der Waals surface area contributed by atoms with Gasteiger partial charge in [0, 0.05) is 19.5 Å². The minimum absolute atomic E-state index is 0.0814. The summed E-state index contributed by atoms with van der Waals surface area (Å²) in [5, 5.41) is 8.72. The third kappa shape index (κ3) is 2.69. The van der Waals surface area contributed by atoms with Crippen molar-refractivity contribution in [3.63, 3.8) is 0 Å². The maximum Gasteiger partial charge on any atom is 0.222 e. The van der Waals surface area contributed by atoms with Gasteiger partial charge < -0.3 is 10.0 Å². The fourth-order valence-electron chi connectivity index (χ4n) is 1.83. The third-order valence-electron chi connectivity index (χ3n) is 2.87. The molecule has 0 radical (unpaired) electrons. The van der Waals surface area contributed by atoms with Crippen LogP contribution in [-0.2, 0) is 4.79 Å². The average Bonchev–Trinajstić information content (AvgIpc) is 2.08. The Bertz CT molecular complexity index is 180. The van der Waals surface area contributed by atoms with E-state index in [1.165, 1.54) is 0 Å². The Kier molecular flexibility index (Phi) is 3.72. The number of rotatable bonds is 3. The van der Waals surface area contributed by atoms with Crippen LogP contribution in [0.1, 0.15) is 26.7 Å². The lowest BCUT2D eigenvalue weighted by Crippen LogP contribution is -2.41. The fraction of sp³-hybridized carbons (Fsp3) is 0.900. The molecule has 1 heterocycles. The number of hydrogen-bond donors (Lipinski definition) is 1. The molecule has 0 saturated carbocycles. The number of carbonyl (C=O) groups is 1. The maximum absolute atomic E-state index is 11.5. The van der Waals surface area contributed by atoms with Crippen LogP contribution in [0.15, 0.2) is 0 Å². The Morgan fingerprint density at radius 1 is 1.62 bits per heavy atom. The Morgan fingerprint density at radius 2 is 2.31 bits per heavy atom. The van der Waals surface area contributed by atoms with Crippen molar-refractivity contribution in [3.05, 3.63) is 0 Å². The molecular formula is C10H19NO2. The number of β-amino-alcohol motifs (C(OH)–C–C–N with tert-alkyl or cyclic N) is 1. The second kappa shape index (κ2) is 4.61. The van der Waals surface area contributed by atoms with Gasteiger partial charge in [0.1, 0.15) is 0 Å². The van der Waals surface area contributed by atoms with Crippen molar-refractivity contribution in [2.45, 2.75) is 26.7 Å². The van der Waals surface area contributed by atoms with Gasteiger partial charge in [0.25, 0.3) is 0 Å². The van der Waals surface area contributed by atoms with Gasteiger partial charge >= 0.3 is 0 Å². The Hall–Kier alpha value is -0.570. The molecule has 0 bridgehead atoms. The summed E-state index contributed by atoms with van der Waals surface area (Å²) in [5.74, 6) is 1.35. The smallest absolute Gasteiger partial charge is 0.222 e. The first-order valence-electron chi connectivity index (χ1n) is 5.03. The maximum atomic E-state index is 11.5. The van der Waals surface area contributed by atoms with Crippen LogP contribution in [0.25, 0.3) is 0 Å². The van der Waals surface area contributed by atoms with Crippen molar-refractivity contribution in [2.24, 2.45) is 11.8 Å². The molecule has 1 saturated heterocycles. The van der Waals surface area contributed by atoms with E-state index >= 15 is 0 Å². The van der Waals surface area contributed by atoms with Crippen LogP contribution < -0.4 is 0 Å². The van der Waals surface area contributed by atoms with Crippen LogP contribution in [0.5, 0.6) is 0 Å². The standard InChI is InChI=1S/C10H19NO2/c1-8(2)9-3-4-11(5-6-12)10(13)7-9/h8-9,12H,3-7H2,1-2H3. The molecule has 1 amide bonds. The minimum Gasteiger partial charge on any atom is -0.395 e. The fourth-order valence-corrected chi connectivity index (χ4v) is 1.83. The van der Waals surface area contributed by atoms with E-state index in [1.807, 2.05) is 0 Å². The number of likely N-dealkylation sites (tertiary alicyclic amines) is 1. The Morgan fingerprint density at radius 3 is 2.77 bits per heavy atom. The summed E-state index contributed by atoms with van der Waals surface area (Å²) in [6.45, 7) is 5.74. The first kappa shape index (κ1) is 10.5. The molecule has 0 aromatic carbocycles. The van der Waals surface area contributed by atoms with Gasteiger partial charge in [0.05, 0.1) is 6.61 Å². The van der Waals surface area contributed by atoms with E-state index in [4.69, 9.17) is 5.11 Å². The number of hydrogen-bond acceptors (Lipinski definition) is 2. The third-order valence-corrected chi connectivity index (χ3v) is 2.87. The second-order valence-corrected chi connectivity index (χ2v) is 4.10. The van der Waals surface area contributed by atoms with Crippen molar-refractivity contribution in [1.82, 2.24) is 4.90 Å². The molecule has 0 aromatic heterocycles. The summed E-state index contributed by atoms with van der Waals surface area (Å²) in [5.41, 5.74) is 0. The van der Waals surface area contributed by atoms with Crippen LogP contribution in [0.2, 0.25) is 0 Å². The highest BCUT2D eigenvalue weighted by Crippen LogP contribution is 2.24. The van der Waals surface area contributed by atoms with Crippen molar-refractivity contribution in [1.29, 1.82) is 0 Å². The van der Waals surface area contributed by atoms with Gasteiger partial charge in [-0.05, 0) is 18.3 Å². The molecule has 1 aliphatic heterocycles. The summed E-state index contributed by atoms with van der Waals surface area (Å²) in [6, 6.07) is 0. The van der Waals surface area contributed by atoms with Gasteiger partial charge in [0.15, 0.2) is 0 Å². The lowest BCUT2D eigenvalue weighted by atomic mass is 9.86. The van der Waals surface area contributed by atoms with Gasteiger partial charge in [0.2, 0.25) is 5.91 Å². The molecule has 0 aromatic rings. The molecule has 13 heavy (non-hydrogen) atoms. The number of nitrogens with zero attached hydrogens (tertiary/aromatic N) is 1. The molecule has 1 unspecified atom stereocenters.